The van der Waals surface area contributed by atoms with Crippen LogP contribution in [0.4, 0.5) is 0 Å². The molecule has 2 rings (SSSR count). The maximum Gasteiger partial charge on any atom is 0.243 e. The van der Waals surface area contributed by atoms with Crippen molar-refractivity contribution < 1.29 is 22.6 Å². The number of nitrogens with zero attached hydrogens (tertiary/aromatic N) is 2. The van der Waals surface area contributed by atoms with Gasteiger partial charge >= 0.3 is 0 Å². The molecular weight excluding hydrogens is 404 g/mol. The minimum Gasteiger partial charge on any atom is -0.491 e. The first kappa shape index (κ1) is 25.1. The van der Waals surface area contributed by atoms with E-state index in [1.165, 1.54) is 0 Å². The summed E-state index contributed by atoms with van der Waals surface area (Å²) in [4.78, 5) is 2.59. The van der Waals surface area contributed by atoms with Crippen molar-refractivity contribution in [2.75, 3.05) is 65.8 Å². The van der Waals surface area contributed by atoms with Crippen molar-refractivity contribution in [2.45, 2.75) is 44.4 Å². The predicted molar refractivity (Wildman–Crippen MR) is 119 cm³/mol. The molecule has 0 atom stereocenters. The van der Waals surface area contributed by atoms with E-state index in [4.69, 9.17) is 14.2 Å². The van der Waals surface area contributed by atoms with Gasteiger partial charge in [0.25, 0.3) is 0 Å². The molecule has 0 spiro atoms. The van der Waals surface area contributed by atoms with Crippen LogP contribution in [0.5, 0.6) is 5.75 Å². The van der Waals surface area contributed by atoms with Gasteiger partial charge in [-0.05, 0) is 37.6 Å². The smallest absolute Gasteiger partial charge is 0.243 e. The number of unbranched alkanes of at least 4 members (excludes halogenated alkanes) is 3. The highest BCUT2D eigenvalue weighted by atomic mass is 32.2. The first-order chi connectivity index (χ1) is 14.6. The number of benzene rings is 1. The first-order valence-corrected chi connectivity index (χ1v) is 12.6. The summed E-state index contributed by atoms with van der Waals surface area (Å²) in [6, 6.07) is 6.71. The second kappa shape index (κ2) is 14.0. The highest BCUT2D eigenvalue weighted by molar-refractivity contribution is 7.89. The Balaban J connectivity index is 1.99. The maximum atomic E-state index is 13.3. The van der Waals surface area contributed by atoms with E-state index in [2.05, 4.69) is 11.8 Å². The SMILES string of the molecule is CCCCCCN(CCN1CCOCC1)S(=O)(=O)c1ccc(OCCOCC)cc1. The molecule has 0 radical (unpaired) electrons. The number of hydrogen-bond acceptors (Lipinski definition) is 6. The van der Waals surface area contributed by atoms with Crippen LogP contribution in [0.1, 0.15) is 39.5 Å². The van der Waals surface area contributed by atoms with E-state index in [0.717, 1.165) is 45.3 Å². The Hall–Kier alpha value is -1.19. The zero-order valence-electron chi connectivity index (χ0n) is 18.6. The number of morpholine rings is 1. The Kier molecular flexibility index (Phi) is 11.7. The van der Waals surface area contributed by atoms with Crippen LogP contribution in [0.15, 0.2) is 29.2 Å². The van der Waals surface area contributed by atoms with E-state index in [-0.39, 0.29) is 0 Å². The molecule has 0 N–H and O–H groups in total. The largest absolute Gasteiger partial charge is 0.491 e. The molecule has 1 fully saturated rings. The fourth-order valence-electron chi connectivity index (χ4n) is 3.36. The van der Waals surface area contributed by atoms with Gasteiger partial charge in [0, 0.05) is 39.3 Å². The lowest BCUT2D eigenvalue weighted by atomic mass is 10.2. The second-order valence-electron chi connectivity index (χ2n) is 7.44. The van der Waals surface area contributed by atoms with Gasteiger partial charge in [-0.3, -0.25) is 4.90 Å². The fourth-order valence-corrected chi connectivity index (χ4v) is 4.83. The third kappa shape index (κ3) is 8.51. The van der Waals surface area contributed by atoms with Crippen molar-refractivity contribution in [3.63, 3.8) is 0 Å². The highest BCUT2D eigenvalue weighted by Gasteiger charge is 2.25. The van der Waals surface area contributed by atoms with E-state index in [0.29, 0.717) is 56.8 Å². The van der Waals surface area contributed by atoms with E-state index in [1.807, 2.05) is 6.92 Å². The summed E-state index contributed by atoms with van der Waals surface area (Å²) in [5.41, 5.74) is 0. The Morgan fingerprint density at radius 3 is 2.40 bits per heavy atom. The quantitative estimate of drug-likeness (QED) is 0.389. The van der Waals surface area contributed by atoms with Crippen LogP contribution in [0.2, 0.25) is 0 Å². The van der Waals surface area contributed by atoms with E-state index < -0.39 is 10.0 Å². The molecule has 1 aromatic carbocycles. The van der Waals surface area contributed by atoms with E-state index in [1.54, 1.807) is 28.6 Å². The van der Waals surface area contributed by atoms with Gasteiger partial charge in [0.1, 0.15) is 12.4 Å². The highest BCUT2D eigenvalue weighted by Crippen LogP contribution is 2.20. The van der Waals surface area contributed by atoms with Gasteiger partial charge in [-0.1, -0.05) is 26.2 Å². The molecule has 1 saturated heterocycles. The molecule has 0 aliphatic carbocycles. The summed E-state index contributed by atoms with van der Waals surface area (Å²) in [6.07, 6.45) is 4.19. The van der Waals surface area contributed by atoms with Crippen LogP contribution < -0.4 is 4.74 Å². The van der Waals surface area contributed by atoms with E-state index >= 15 is 0 Å². The van der Waals surface area contributed by atoms with Crippen molar-refractivity contribution in [1.29, 1.82) is 0 Å². The Bertz CT molecular complexity index is 675. The summed E-state index contributed by atoms with van der Waals surface area (Å²) in [6.45, 7) is 10.6. The molecular formula is C22H38N2O5S. The normalized spacial score (nSPS) is 15.6. The molecule has 0 amide bonds. The number of rotatable bonds is 15. The summed E-state index contributed by atoms with van der Waals surface area (Å²) in [7, 11) is -3.54. The lowest BCUT2D eigenvalue weighted by Gasteiger charge is -2.29. The molecule has 1 aliphatic heterocycles. The lowest BCUT2D eigenvalue weighted by molar-refractivity contribution is 0.0362. The zero-order chi connectivity index (χ0) is 21.7. The summed E-state index contributed by atoms with van der Waals surface area (Å²) < 4.78 is 44.5. The van der Waals surface area contributed by atoms with Gasteiger partial charge in [-0.15, -0.1) is 0 Å². The third-order valence-electron chi connectivity index (χ3n) is 5.19. The molecule has 1 aromatic rings. The van der Waals surface area contributed by atoms with Gasteiger partial charge in [-0.2, -0.15) is 4.31 Å². The van der Waals surface area contributed by atoms with Crippen molar-refractivity contribution in [3.8, 4) is 5.75 Å². The zero-order valence-corrected chi connectivity index (χ0v) is 19.4. The van der Waals surface area contributed by atoms with Gasteiger partial charge < -0.3 is 14.2 Å². The van der Waals surface area contributed by atoms with Gasteiger partial charge in [0.05, 0.1) is 24.7 Å². The van der Waals surface area contributed by atoms with Crippen LogP contribution in [0.3, 0.4) is 0 Å². The monoisotopic (exact) mass is 442 g/mol. The molecule has 30 heavy (non-hydrogen) atoms. The van der Waals surface area contributed by atoms with Crippen LogP contribution in [0, 0.1) is 0 Å². The minimum atomic E-state index is -3.54. The van der Waals surface area contributed by atoms with Crippen molar-refractivity contribution in [1.82, 2.24) is 9.21 Å². The lowest BCUT2D eigenvalue weighted by Crippen LogP contribution is -2.43. The molecule has 0 unspecified atom stereocenters. The van der Waals surface area contributed by atoms with Crippen molar-refractivity contribution in [3.05, 3.63) is 24.3 Å². The van der Waals surface area contributed by atoms with Crippen LogP contribution in [-0.2, 0) is 19.5 Å². The average molecular weight is 443 g/mol. The molecule has 8 heteroatoms. The number of hydrogen-bond donors (Lipinski definition) is 0. The fraction of sp³-hybridized carbons (Fsp3) is 0.727. The van der Waals surface area contributed by atoms with Crippen LogP contribution in [0.25, 0.3) is 0 Å². The molecule has 0 aromatic heterocycles. The van der Waals surface area contributed by atoms with Gasteiger partial charge in [0.2, 0.25) is 10.0 Å². The van der Waals surface area contributed by atoms with Crippen LogP contribution >= 0.6 is 0 Å². The Labute approximate surface area is 182 Å². The number of sulfonamides is 1. The maximum absolute atomic E-state index is 13.3. The van der Waals surface area contributed by atoms with E-state index in [9.17, 15) is 8.42 Å². The van der Waals surface area contributed by atoms with Gasteiger partial charge in [0.15, 0.2) is 0 Å². The predicted octanol–water partition coefficient (Wildman–Crippen LogP) is 3.01. The van der Waals surface area contributed by atoms with Crippen molar-refractivity contribution in [2.24, 2.45) is 0 Å². The minimum absolute atomic E-state index is 0.317. The summed E-state index contributed by atoms with van der Waals surface area (Å²) in [5, 5.41) is 0. The average Bonchev–Trinajstić information content (AvgIpc) is 2.77. The third-order valence-corrected chi connectivity index (χ3v) is 7.11. The molecule has 1 aliphatic rings. The Morgan fingerprint density at radius 1 is 1.00 bits per heavy atom. The summed E-state index contributed by atoms with van der Waals surface area (Å²) in [5.74, 6) is 0.650. The molecule has 172 valence electrons. The summed E-state index contributed by atoms with van der Waals surface area (Å²) >= 11 is 0. The molecule has 0 saturated carbocycles. The number of ether oxygens (including phenoxy) is 3. The van der Waals surface area contributed by atoms with Crippen molar-refractivity contribution >= 4 is 10.0 Å². The molecule has 7 nitrogen and oxygen atoms in total. The molecule has 0 bridgehead atoms. The molecule has 1 heterocycles. The Morgan fingerprint density at radius 2 is 1.73 bits per heavy atom. The topological polar surface area (TPSA) is 68.3 Å². The first-order valence-electron chi connectivity index (χ1n) is 11.2. The van der Waals surface area contributed by atoms with Crippen LogP contribution in [-0.4, -0.2) is 83.4 Å². The van der Waals surface area contributed by atoms with Gasteiger partial charge in [-0.25, -0.2) is 8.42 Å². The standard InChI is InChI=1S/C22H38N2O5S/c1-3-5-6-7-12-24(14-13-23-15-17-28-18-16-23)30(25,26)22-10-8-21(9-11-22)29-20-19-27-4-2/h8-11H,3-7,12-20H2,1-2H3. The second-order valence-corrected chi connectivity index (χ2v) is 9.37.